The van der Waals surface area contributed by atoms with Crippen LogP contribution in [-0.4, -0.2) is 20.8 Å². The van der Waals surface area contributed by atoms with E-state index in [0.717, 1.165) is 17.1 Å². The second-order valence-electron chi connectivity index (χ2n) is 5.64. The fraction of sp³-hybridized carbons (Fsp3) is 0.105. The summed E-state index contributed by atoms with van der Waals surface area (Å²) >= 11 is 5.18. The van der Waals surface area contributed by atoms with Gasteiger partial charge in [-0.1, -0.05) is 18.2 Å². The second-order valence-corrected chi connectivity index (χ2v) is 6.05. The van der Waals surface area contributed by atoms with Gasteiger partial charge in [-0.2, -0.15) is 5.10 Å². The zero-order valence-corrected chi connectivity index (χ0v) is 15.2. The molecule has 1 heterocycles. The van der Waals surface area contributed by atoms with Crippen molar-refractivity contribution in [3.63, 3.8) is 0 Å². The predicted octanol–water partition coefficient (Wildman–Crippen LogP) is 3.65. The molecule has 1 aromatic heterocycles. The molecule has 0 unspecified atom stereocenters. The van der Waals surface area contributed by atoms with Gasteiger partial charge in [-0.15, -0.1) is 0 Å². The minimum atomic E-state index is -0.352. The Morgan fingerprint density at radius 3 is 2.35 bits per heavy atom. The van der Waals surface area contributed by atoms with Crippen LogP contribution in [0.25, 0.3) is 0 Å². The summed E-state index contributed by atoms with van der Waals surface area (Å²) in [6.45, 7) is 1.87. The SMILES string of the molecule is Cc1cc(C(=O)NC(=S)Nc2ccc(Oc3ccccc3)cc2)nn1C. The summed E-state index contributed by atoms with van der Waals surface area (Å²) in [6.07, 6.45) is 0. The average Bonchev–Trinajstić information content (AvgIpc) is 2.97. The normalized spacial score (nSPS) is 10.2. The van der Waals surface area contributed by atoms with E-state index in [1.807, 2.05) is 61.5 Å². The molecule has 2 aromatic carbocycles. The van der Waals surface area contributed by atoms with Crippen molar-refractivity contribution < 1.29 is 9.53 Å². The molecule has 132 valence electrons. The molecule has 2 N–H and O–H groups in total. The topological polar surface area (TPSA) is 68.2 Å². The third-order valence-corrected chi connectivity index (χ3v) is 3.87. The van der Waals surface area contributed by atoms with Gasteiger partial charge >= 0.3 is 0 Å². The lowest BCUT2D eigenvalue weighted by Gasteiger charge is -2.10. The summed E-state index contributed by atoms with van der Waals surface area (Å²) in [7, 11) is 1.78. The maximum Gasteiger partial charge on any atom is 0.277 e. The van der Waals surface area contributed by atoms with Crippen molar-refractivity contribution in [3.05, 3.63) is 72.1 Å². The number of rotatable bonds is 4. The van der Waals surface area contributed by atoms with E-state index < -0.39 is 0 Å². The molecule has 3 aromatic rings. The van der Waals surface area contributed by atoms with Gasteiger partial charge in [0.15, 0.2) is 10.8 Å². The van der Waals surface area contributed by atoms with Gasteiger partial charge in [-0.3, -0.25) is 14.8 Å². The van der Waals surface area contributed by atoms with Crippen LogP contribution in [0.2, 0.25) is 0 Å². The number of ether oxygens (including phenoxy) is 1. The van der Waals surface area contributed by atoms with Gasteiger partial charge in [-0.25, -0.2) is 0 Å². The van der Waals surface area contributed by atoms with Crippen molar-refractivity contribution in [2.45, 2.75) is 6.92 Å². The first-order valence-corrected chi connectivity index (χ1v) is 8.38. The van der Waals surface area contributed by atoms with Crippen molar-refractivity contribution in [2.24, 2.45) is 7.05 Å². The summed E-state index contributed by atoms with van der Waals surface area (Å²) in [5.41, 5.74) is 1.96. The Morgan fingerprint density at radius 1 is 1.08 bits per heavy atom. The Hall–Kier alpha value is -3.19. The molecule has 1 amide bonds. The summed E-state index contributed by atoms with van der Waals surface area (Å²) in [6, 6.07) is 18.5. The van der Waals surface area contributed by atoms with Crippen molar-refractivity contribution in [1.82, 2.24) is 15.1 Å². The number of carbonyl (C=O) groups excluding carboxylic acids is 1. The summed E-state index contributed by atoms with van der Waals surface area (Å²) in [4.78, 5) is 12.1. The Labute approximate surface area is 156 Å². The third-order valence-electron chi connectivity index (χ3n) is 3.66. The van der Waals surface area contributed by atoms with Gasteiger partial charge < -0.3 is 10.1 Å². The number of aryl methyl sites for hydroxylation is 2. The van der Waals surface area contributed by atoms with Crippen LogP contribution in [0.5, 0.6) is 11.5 Å². The minimum absolute atomic E-state index is 0.204. The number of carbonyl (C=O) groups is 1. The van der Waals surface area contributed by atoms with E-state index in [1.165, 1.54) is 0 Å². The molecule has 0 aliphatic heterocycles. The van der Waals surface area contributed by atoms with Crippen molar-refractivity contribution in [2.75, 3.05) is 5.32 Å². The fourth-order valence-corrected chi connectivity index (χ4v) is 2.44. The Balaban J connectivity index is 1.56. The van der Waals surface area contributed by atoms with Crippen LogP contribution in [-0.2, 0) is 7.05 Å². The number of benzene rings is 2. The number of para-hydroxylation sites is 1. The molecule has 7 heteroatoms. The molecule has 0 aliphatic rings. The highest BCUT2D eigenvalue weighted by molar-refractivity contribution is 7.80. The van der Waals surface area contributed by atoms with Crippen molar-refractivity contribution in [1.29, 1.82) is 0 Å². The molecule has 0 bridgehead atoms. The standard InChI is InChI=1S/C19H18N4O2S/c1-13-12-17(22-23(13)2)18(24)21-19(26)20-14-8-10-16(11-9-14)25-15-6-4-3-5-7-15/h3-12H,1-2H3,(H2,20,21,24,26). The maximum atomic E-state index is 12.1. The van der Waals surface area contributed by atoms with E-state index in [9.17, 15) is 4.79 Å². The molecular weight excluding hydrogens is 348 g/mol. The Bertz CT molecular complexity index is 901. The smallest absolute Gasteiger partial charge is 0.277 e. The van der Waals surface area contributed by atoms with Crippen LogP contribution in [0.15, 0.2) is 60.7 Å². The number of hydrogen-bond acceptors (Lipinski definition) is 4. The summed E-state index contributed by atoms with van der Waals surface area (Å²) in [5, 5.41) is 9.90. The molecule has 0 spiro atoms. The number of thiocarbonyl (C=S) groups is 1. The number of aromatic nitrogens is 2. The van der Waals surface area contributed by atoms with Gasteiger partial charge in [0, 0.05) is 18.4 Å². The van der Waals surface area contributed by atoms with Gasteiger partial charge in [0.05, 0.1) is 0 Å². The monoisotopic (exact) mass is 366 g/mol. The highest BCUT2D eigenvalue weighted by Crippen LogP contribution is 2.22. The molecule has 6 nitrogen and oxygen atoms in total. The highest BCUT2D eigenvalue weighted by Gasteiger charge is 2.12. The van der Waals surface area contributed by atoms with Crippen LogP contribution in [0, 0.1) is 6.92 Å². The number of nitrogens with zero attached hydrogens (tertiary/aromatic N) is 2. The van der Waals surface area contributed by atoms with Crippen LogP contribution in [0.1, 0.15) is 16.2 Å². The van der Waals surface area contributed by atoms with Crippen LogP contribution in [0.3, 0.4) is 0 Å². The second kappa shape index (κ2) is 7.79. The Morgan fingerprint density at radius 2 is 1.73 bits per heavy atom. The molecule has 0 saturated carbocycles. The molecular formula is C19H18N4O2S. The molecule has 3 rings (SSSR count). The first kappa shape index (κ1) is 17.6. The molecule has 26 heavy (non-hydrogen) atoms. The maximum absolute atomic E-state index is 12.1. The first-order chi connectivity index (χ1) is 12.5. The number of amides is 1. The van der Waals surface area contributed by atoms with Gasteiger partial charge in [-0.05, 0) is 61.6 Å². The van der Waals surface area contributed by atoms with Crippen LogP contribution >= 0.6 is 12.2 Å². The van der Waals surface area contributed by atoms with Crippen molar-refractivity contribution >= 4 is 28.9 Å². The van der Waals surface area contributed by atoms with E-state index >= 15 is 0 Å². The van der Waals surface area contributed by atoms with Crippen LogP contribution in [0.4, 0.5) is 5.69 Å². The number of anilines is 1. The van der Waals surface area contributed by atoms with E-state index in [4.69, 9.17) is 17.0 Å². The third kappa shape index (κ3) is 4.46. The highest BCUT2D eigenvalue weighted by atomic mass is 32.1. The van der Waals surface area contributed by atoms with Crippen molar-refractivity contribution in [3.8, 4) is 11.5 Å². The lowest BCUT2D eigenvalue weighted by molar-refractivity contribution is 0.0972. The quantitative estimate of drug-likeness (QED) is 0.690. The molecule has 0 saturated heterocycles. The Kier molecular flexibility index (Phi) is 5.28. The molecule has 0 radical (unpaired) electrons. The van der Waals surface area contributed by atoms with Gasteiger partial charge in [0.1, 0.15) is 11.5 Å². The van der Waals surface area contributed by atoms with E-state index in [-0.39, 0.29) is 11.0 Å². The predicted molar refractivity (Wildman–Crippen MR) is 105 cm³/mol. The number of hydrogen-bond donors (Lipinski definition) is 2. The molecule has 0 atom stereocenters. The number of nitrogens with one attached hydrogen (secondary N) is 2. The minimum Gasteiger partial charge on any atom is -0.457 e. The first-order valence-electron chi connectivity index (χ1n) is 7.97. The van der Waals surface area contributed by atoms with E-state index in [2.05, 4.69) is 15.7 Å². The largest absolute Gasteiger partial charge is 0.457 e. The summed E-state index contributed by atoms with van der Waals surface area (Å²) < 4.78 is 7.37. The van der Waals surface area contributed by atoms with Gasteiger partial charge in [0.2, 0.25) is 0 Å². The molecule has 0 aliphatic carbocycles. The zero-order chi connectivity index (χ0) is 18.5. The lowest BCUT2D eigenvalue weighted by Crippen LogP contribution is -2.34. The van der Waals surface area contributed by atoms with E-state index in [1.54, 1.807) is 17.8 Å². The van der Waals surface area contributed by atoms with Gasteiger partial charge in [0.25, 0.3) is 5.91 Å². The fourth-order valence-electron chi connectivity index (χ4n) is 2.23. The lowest BCUT2D eigenvalue weighted by atomic mass is 10.3. The zero-order valence-electron chi connectivity index (χ0n) is 14.4. The van der Waals surface area contributed by atoms with Crippen LogP contribution < -0.4 is 15.4 Å². The molecule has 0 fully saturated rings. The average molecular weight is 366 g/mol. The summed E-state index contributed by atoms with van der Waals surface area (Å²) in [5.74, 6) is 1.12. The van der Waals surface area contributed by atoms with E-state index in [0.29, 0.717) is 11.4 Å².